The summed E-state index contributed by atoms with van der Waals surface area (Å²) in [5.74, 6) is 0.792. The molecule has 0 saturated carbocycles. The van der Waals surface area contributed by atoms with E-state index in [0.717, 1.165) is 17.2 Å². The minimum absolute atomic E-state index is 0.00656. The zero-order chi connectivity index (χ0) is 20.4. The minimum atomic E-state index is -0.00656. The topological polar surface area (TPSA) is 36.4 Å². The molecule has 3 aromatic carbocycles. The Morgan fingerprint density at radius 1 is 0.897 bits per heavy atom. The summed E-state index contributed by atoms with van der Waals surface area (Å²) in [5.41, 5.74) is 2.55. The molecule has 3 aromatic rings. The fraction of sp³-hybridized carbons (Fsp3) is 0.136. The molecule has 0 aliphatic carbocycles. The number of halogens is 3. The third-order valence-electron chi connectivity index (χ3n) is 4.54. The summed E-state index contributed by atoms with van der Waals surface area (Å²) in [4.78, 5) is 5.16. The van der Waals surface area contributed by atoms with E-state index in [-0.39, 0.29) is 21.0 Å². The molecule has 148 valence electrons. The van der Waals surface area contributed by atoms with Crippen molar-refractivity contribution >= 4 is 77.1 Å². The number of nitrogens with zero attached hydrogens (tertiary/aromatic N) is 1. The number of hydrogen-bond acceptors (Lipinski definition) is 2. The molecule has 1 aliphatic rings. The van der Waals surface area contributed by atoms with Crippen molar-refractivity contribution in [1.82, 2.24) is 0 Å². The van der Waals surface area contributed by atoms with Crippen LogP contribution in [0.2, 0.25) is 19.9 Å². The Labute approximate surface area is 191 Å². The van der Waals surface area contributed by atoms with Crippen molar-refractivity contribution in [2.75, 3.05) is 10.6 Å². The van der Waals surface area contributed by atoms with Crippen molar-refractivity contribution in [1.29, 1.82) is 0 Å². The second kappa shape index (κ2) is 8.99. The molecular weight excluding hydrogens is 492 g/mol. The van der Waals surface area contributed by atoms with Gasteiger partial charge in [0.1, 0.15) is 0 Å². The molecule has 0 fully saturated rings. The van der Waals surface area contributed by atoms with Crippen LogP contribution in [0.3, 0.4) is 0 Å². The number of amidine groups is 1. The fourth-order valence-corrected chi connectivity index (χ4v) is 6.31. The molecule has 0 aromatic heterocycles. The summed E-state index contributed by atoms with van der Waals surface area (Å²) >= 11 is 19.1. The first-order chi connectivity index (χ1) is 14.0. The summed E-state index contributed by atoms with van der Waals surface area (Å²) in [6.45, 7) is 2.24. The Balaban J connectivity index is 1.72. The van der Waals surface area contributed by atoms with E-state index < -0.39 is 0 Å². The quantitative estimate of drug-likeness (QED) is 0.398. The molecule has 0 saturated heterocycles. The summed E-state index contributed by atoms with van der Waals surface area (Å²) in [6.07, 6.45) is 0. The fourth-order valence-electron chi connectivity index (χ4n) is 3.15. The average molecular weight is 510 g/mol. The van der Waals surface area contributed by atoms with Crippen molar-refractivity contribution in [3.05, 3.63) is 81.8 Å². The van der Waals surface area contributed by atoms with Gasteiger partial charge in [0.15, 0.2) is 0 Å². The van der Waals surface area contributed by atoms with Crippen LogP contribution in [0.1, 0.15) is 6.92 Å². The van der Waals surface area contributed by atoms with Crippen LogP contribution in [-0.4, -0.2) is 26.8 Å². The maximum atomic E-state index is 6.39. The average Bonchev–Trinajstić information content (AvgIpc) is 2.70. The number of anilines is 2. The molecule has 7 heteroatoms. The Morgan fingerprint density at radius 3 is 2.21 bits per heavy atom. The third kappa shape index (κ3) is 4.74. The van der Waals surface area contributed by atoms with E-state index in [0.29, 0.717) is 25.6 Å². The van der Waals surface area contributed by atoms with Gasteiger partial charge in [-0.3, -0.25) is 0 Å². The van der Waals surface area contributed by atoms with Gasteiger partial charge in [-0.15, -0.1) is 0 Å². The Morgan fingerprint density at radius 2 is 1.52 bits per heavy atom. The Kier molecular flexibility index (Phi) is 6.38. The van der Waals surface area contributed by atoms with E-state index in [4.69, 9.17) is 39.8 Å². The summed E-state index contributed by atoms with van der Waals surface area (Å²) < 4.78 is 1.34. The predicted molar refractivity (Wildman–Crippen MR) is 127 cm³/mol. The second-order valence-electron chi connectivity index (χ2n) is 6.64. The van der Waals surface area contributed by atoms with Crippen LogP contribution in [-0.2, 0) is 0 Å². The van der Waals surface area contributed by atoms with Crippen molar-refractivity contribution in [2.45, 2.75) is 17.8 Å². The molecule has 0 radical (unpaired) electrons. The van der Waals surface area contributed by atoms with Crippen LogP contribution in [0.25, 0.3) is 0 Å². The van der Waals surface area contributed by atoms with Gasteiger partial charge in [-0.1, -0.05) is 0 Å². The second-order valence-corrected chi connectivity index (χ2v) is 10.9. The van der Waals surface area contributed by atoms with Crippen LogP contribution in [0, 0.1) is 0 Å². The number of fused-ring (bicyclic) bond motifs is 1. The van der Waals surface area contributed by atoms with Crippen LogP contribution in [0.15, 0.2) is 71.7 Å². The van der Waals surface area contributed by atoms with E-state index in [1.807, 2.05) is 24.3 Å². The van der Waals surface area contributed by atoms with Crippen molar-refractivity contribution in [3.63, 3.8) is 0 Å². The summed E-state index contributed by atoms with van der Waals surface area (Å²) in [5, 5.41) is 8.47. The molecule has 4 rings (SSSR count). The molecule has 1 aliphatic heterocycles. The van der Waals surface area contributed by atoms with Crippen molar-refractivity contribution in [2.24, 2.45) is 4.99 Å². The van der Waals surface area contributed by atoms with Gasteiger partial charge in [0.05, 0.1) is 0 Å². The third-order valence-corrected chi connectivity index (χ3v) is 7.83. The van der Waals surface area contributed by atoms with Crippen LogP contribution in [0.4, 0.5) is 17.1 Å². The molecule has 2 N–H and O–H groups in total. The van der Waals surface area contributed by atoms with E-state index in [1.165, 1.54) is 4.46 Å². The first-order valence-corrected chi connectivity index (χ1v) is 12.1. The molecule has 2 atom stereocenters. The maximum absolute atomic E-state index is 6.39. The van der Waals surface area contributed by atoms with Crippen LogP contribution in [0.5, 0.6) is 0 Å². The number of rotatable bonds is 4. The van der Waals surface area contributed by atoms with Gasteiger partial charge in [-0.05, 0) is 0 Å². The Bertz CT molecular complexity index is 1030. The van der Waals surface area contributed by atoms with E-state index >= 15 is 0 Å². The number of nitrogens with one attached hydrogen (secondary N) is 2. The van der Waals surface area contributed by atoms with E-state index in [1.54, 1.807) is 12.1 Å². The number of aliphatic imine (C=N–C) groups is 1. The van der Waals surface area contributed by atoms with Gasteiger partial charge in [0, 0.05) is 0 Å². The number of hydrogen-bond donors (Lipinski definition) is 2. The van der Waals surface area contributed by atoms with Gasteiger partial charge >= 0.3 is 192 Å². The molecule has 1 heterocycles. The van der Waals surface area contributed by atoms with Gasteiger partial charge in [0.2, 0.25) is 0 Å². The van der Waals surface area contributed by atoms with E-state index in [2.05, 4.69) is 47.9 Å². The molecule has 2 unspecified atom stereocenters. The molecular formula is C22H18Cl3N3Se. The SMILES string of the molecule is CC([Se]c1ccccc1)C1Nc2ccccc2NC1=Nc1c(Cl)cc(Cl)cc1Cl. The summed E-state index contributed by atoms with van der Waals surface area (Å²) in [6, 6.07) is 21.9. The number of benzene rings is 3. The molecule has 0 spiro atoms. The molecule has 3 nitrogen and oxygen atoms in total. The van der Waals surface area contributed by atoms with Crippen molar-refractivity contribution < 1.29 is 0 Å². The van der Waals surface area contributed by atoms with Crippen molar-refractivity contribution in [3.8, 4) is 0 Å². The van der Waals surface area contributed by atoms with E-state index in [9.17, 15) is 0 Å². The summed E-state index contributed by atoms with van der Waals surface area (Å²) in [7, 11) is 0. The predicted octanol–water partition coefficient (Wildman–Crippen LogP) is 6.42. The molecule has 0 bridgehead atoms. The number of para-hydroxylation sites is 2. The first-order valence-electron chi connectivity index (χ1n) is 9.08. The standard InChI is InChI=1S/C22H18Cl3N3Se/c1-13(29-15-7-3-2-4-8-15)20-22(27-19-10-6-5-9-18(19)26-20)28-21-16(24)11-14(23)12-17(21)25/h2-13,20,26H,1H3,(H,27,28). The van der Waals surface area contributed by atoms with Gasteiger partial charge in [0.25, 0.3) is 0 Å². The molecule has 0 amide bonds. The Hall–Kier alpha value is -1.68. The monoisotopic (exact) mass is 509 g/mol. The molecule has 29 heavy (non-hydrogen) atoms. The first kappa shape index (κ1) is 20.6. The zero-order valence-electron chi connectivity index (χ0n) is 15.5. The van der Waals surface area contributed by atoms with Crippen LogP contribution >= 0.6 is 34.8 Å². The van der Waals surface area contributed by atoms with Gasteiger partial charge in [-0.25, -0.2) is 0 Å². The van der Waals surface area contributed by atoms with Gasteiger partial charge < -0.3 is 0 Å². The van der Waals surface area contributed by atoms with Gasteiger partial charge in [-0.2, -0.15) is 0 Å². The zero-order valence-corrected chi connectivity index (χ0v) is 19.5. The normalized spacial score (nSPS) is 17.9. The van der Waals surface area contributed by atoms with Crippen LogP contribution < -0.4 is 15.1 Å².